The number of nitrogens with one attached hydrogen (secondary N) is 1. The first-order chi connectivity index (χ1) is 9.85. The van der Waals surface area contributed by atoms with Gasteiger partial charge in [-0.2, -0.15) is 0 Å². The number of hydrogen-bond donors (Lipinski definition) is 2. The fourth-order valence-corrected chi connectivity index (χ4v) is 1.47. The molecule has 0 saturated heterocycles. The zero-order chi connectivity index (χ0) is 16.0. The first-order valence-electron chi connectivity index (χ1n) is 6.25. The van der Waals surface area contributed by atoms with Crippen molar-refractivity contribution in [2.24, 2.45) is 5.73 Å². The van der Waals surface area contributed by atoms with Gasteiger partial charge in [0.2, 0.25) is 5.91 Å². The monoisotopic (exact) mass is 298 g/mol. The van der Waals surface area contributed by atoms with E-state index in [9.17, 15) is 14.4 Å². The second-order valence-electron chi connectivity index (χ2n) is 4.29. The van der Waals surface area contributed by atoms with E-state index in [4.69, 9.17) is 10.3 Å². The molecule has 116 valence electrons. The number of likely N-dealkylation sites (N-methyl/N-ethyl adjacent to an activating group) is 1. The molecule has 0 fully saturated rings. The summed E-state index contributed by atoms with van der Waals surface area (Å²) in [6, 6.07) is 0.0846. The van der Waals surface area contributed by atoms with E-state index in [0.29, 0.717) is 5.76 Å². The summed E-state index contributed by atoms with van der Waals surface area (Å²) in [4.78, 5) is 35.9. The van der Waals surface area contributed by atoms with E-state index < -0.39 is 23.8 Å². The number of ether oxygens (including phenoxy) is 1. The van der Waals surface area contributed by atoms with Gasteiger partial charge in [0, 0.05) is 13.1 Å². The van der Waals surface area contributed by atoms with Gasteiger partial charge in [-0.15, -0.1) is 0 Å². The van der Waals surface area contributed by atoms with E-state index in [1.807, 2.05) is 0 Å². The molecule has 1 heterocycles. The first kappa shape index (κ1) is 16.6. The van der Waals surface area contributed by atoms with Gasteiger partial charge < -0.3 is 25.2 Å². The highest BCUT2D eigenvalue weighted by Gasteiger charge is 2.27. The van der Waals surface area contributed by atoms with Crippen molar-refractivity contribution in [2.45, 2.75) is 19.9 Å². The van der Waals surface area contributed by atoms with Crippen molar-refractivity contribution < 1.29 is 23.6 Å². The van der Waals surface area contributed by atoms with E-state index in [0.717, 1.165) is 4.90 Å². The van der Waals surface area contributed by atoms with Crippen molar-refractivity contribution in [1.82, 2.24) is 10.1 Å². The standard InChI is InChI=1S/C12H18N4O5/c1-4-20-12(19)10(13)11(18)16(3)6-9(17)14-8-5-7(2)21-15-8/h5,10H,4,6,13H2,1-3H3,(H,14,15,17). The van der Waals surface area contributed by atoms with Crippen molar-refractivity contribution in [3.05, 3.63) is 11.8 Å². The van der Waals surface area contributed by atoms with Crippen LogP contribution in [0.4, 0.5) is 5.82 Å². The number of hydrogen-bond acceptors (Lipinski definition) is 7. The minimum atomic E-state index is -1.45. The Balaban J connectivity index is 2.51. The molecule has 0 bridgehead atoms. The number of aromatic nitrogens is 1. The molecule has 1 rings (SSSR count). The van der Waals surface area contributed by atoms with Crippen LogP contribution in [0.3, 0.4) is 0 Å². The van der Waals surface area contributed by atoms with Gasteiger partial charge in [-0.05, 0) is 13.8 Å². The highest BCUT2D eigenvalue weighted by Crippen LogP contribution is 2.06. The molecule has 1 aromatic rings. The molecule has 0 aliphatic heterocycles. The first-order valence-corrected chi connectivity index (χ1v) is 6.25. The molecule has 21 heavy (non-hydrogen) atoms. The third kappa shape index (κ3) is 4.88. The molecule has 9 heteroatoms. The van der Waals surface area contributed by atoms with Gasteiger partial charge in [-0.1, -0.05) is 5.16 Å². The lowest BCUT2D eigenvalue weighted by molar-refractivity contribution is -0.151. The number of amides is 2. The molecule has 0 aliphatic carbocycles. The molecule has 0 aliphatic rings. The predicted octanol–water partition coefficient (Wildman–Crippen LogP) is -0.730. The van der Waals surface area contributed by atoms with Crippen LogP contribution < -0.4 is 11.1 Å². The van der Waals surface area contributed by atoms with Gasteiger partial charge in [-0.25, -0.2) is 4.79 Å². The molecule has 1 aromatic heterocycles. The van der Waals surface area contributed by atoms with Crippen LogP contribution in [0.1, 0.15) is 12.7 Å². The lowest BCUT2D eigenvalue weighted by Crippen LogP contribution is -2.49. The van der Waals surface area contributed by atoms with E-state index in [-0.39, 0.29) is 19.0 Å². The largest absolute Gasteiger partial charge is 0.464 e. The zero-order valence-corrected chi connectivity index (χ0v) is 12.1. The summed E-state index contributed by atoms with van der Waals surface area (Å²) in [5.74, 6) is -1.25. The Morgan fingerprint density at radius 2 is 2.19 bits per heavy atom. The van der Waals surface area contributed by atoms with Crippen LogP contribution in [0.2, 0.25) is 0 Å². The topological polar surface area (TPSA) is 128 Å². The van der Waals surface area contributed by atoms with E-state index in [1.165, 1.54) is 13.1 Å². The number of nitrogens with zero attached hydrogens (tertiary/aromatic N) is 2. The van der Waals surface area contributed by atoms with Crippen molar-refractivity contribution in [3.63, 3.8) is 0 Å². The Hall–Kier alpha value is -2.42. The fourth-order valence-electron chi connectivity index (χ4n) is 1.47. The number of aryl methyl sites for hydroxylation is 1. The average molecular weight is 298 g/mol. The quantitative estimate of drug-likeness (QED) is 0.523. The van der Waals surface area contributed by atoms with Gasteiger partial charge in [-0.3, -0.25) is 9.59 Å². The third-order valence-corrected chi connectivity index (χ3v) is 2.46. The zero-order valence-electron chi connectivity index (χ0n) is 12.1. The van der Waals surface area contributed by atoms with Crippen molar-refractivity contribution in [1.29, 1.82) is 0 Å². The molecule has 0 aromatic carbocycles. The summed E-state index contributed by atoms with van der Waals surface area (Å²) >= 11 is 0. The molecule has 2 amide bonds. The van der Waals surface area contributed by atoms with Crippen LogP contribution in [0.5, 0.6) is 0 Å². The van der Waals surface area contributed by atoms with Crippen LogP contribution in [-0.4, -0.2) is 54.1 Å². The minimum absolute atomic E-state index is 0.121. The SMILES string of the molecule is CCOC(=O)C(N)C(=O)N(C)CC(=O)Nc1cc(C)on1. The van der Waals surface area contributed by atoms with Crippen LogP contribution in [0.25, 0.3) is 0 Å². The maximum atomic E-state index is 11.8. The van der Waals surface area contributed by atoms with E-state index in [2.05, 4.69) is 15.2 Å². The summed E-state index contributed by atoms with van der Waals surface area (Å²) in [7, 11) is 1.36. The summed E-state index contributed by atoms with van der Waals surface area (Å²) in [5, 5.41) is 6.03. The van der Waals surface area contributed by atoms with E-state index >= 15 is 0 Å². The molecule has 3 N–H and O–H groups in total. The second kappa shape index (κ2) is 7.39. The third-order valence-electron chi connectivity index (χ3n) is 2.46. The van der Waals surface area contributed by atoms with Gasteiger partial charge in [0.05, 0.1) is 13.2 Å². The normalized spacial score (nSPS) is 11.6. The minimum Gasteiger partial charge on any atom is -0.464 e. The lowest BCUT2D eigenvalue weighted by atomic mass is 10.2. The average Bonchev–Trinajstić information content (AvgIpc) is 2.82. The summed E-state index contributed by atoms with van der Waals surface area (Å²) in [5.41, 5.74) is 5.45. The van der Waals surface area contributed by atoms with Gasteiger partial charge in [0.15, 0.2) is 11.9 Å². The summed E-state index contributed by atoms with van der Waals surface area (Å²) in [6.45, 7) is 3.12. The maximum absolute atomic E-state index is 11.8. The van der Waals surface area contributed by atoms with Crippen molar-refractivity contribution in [2.75, 3.05) is 25.5 Å². The molecule has 0 spiro atoms. The summed E-state index contributed by atoms with van der Waals surface area (Å²) in [6.07, 6.45) is 0. The fraction of sp³-hybridized carbons (Fsp3) is 0.500. The predicted molar refractivity (Wildman–Crippen MR) is 72.1 cm³/mol. The molecule has 1 unspecified atom stereocenters. The maximum Gasteiger partial charge on any atom is 0.332 e. The van der Waals surface area contributed by atoms with Gasteiger partial charge >= 0.3 is 5.97 Å². The Bertz CT molecular complexity index is 527. The van der Waals surface area contributed by atoms with Gasteiger partial charge in [0.25, 0.3) is 5.91 Å². The Labute approximate surface area is 121 Å². The van der Waals surface area contributed by atoms with Gasteiger partial charge in [0.1, 0.15) is 5.76 Å². The van der Waals surface area contributed by atoms with Crippen molar-refractivity contribution in [3.8, 4) is 0 Å². The van der Waals surface area contributed by atoms with Crippen LogP contribution in [0.15, 0.2) is 10.6 Å². The molecular formula is C12H18N4O5. The van der Waals surface area contributed by atoms with Crippen LogP contribution >= 0.6 is 0 Å². The Morgan fingerprint density at radius 1 is 1.52 bits per heavy atom. The highest BCUT2D eigenvalue weighted by atomic mass is 16.5. The molecule has 0 radical (unpaired) electrons. The molecular weight excluding hydrogens is 280 g/mol. The second-order valence-corrected chi connectivity index (χ2v) is 4.29. The highest BCUT2D eigenvalue weighted by molar-refractivity contribution is 6.03. The van der Waals surface area contributed by atoms with E-state index in [1.54, 1.807) is 13.8 Å². The van der Waals surface area contributed by atoms with Crippen LogP contribution in [-0.2, 0) is 19.1 Å². The number of rotatable bonds is 6. The van der Waals surface area contributed by atoms with Crippen molar-refractivity contribution >= 4 is 23.6 Å². The summed E-state index contributed by atoms with van der Waals surface area (Å²) < 4.78 is 9.43. The molecule has 0 saturated carbocycles. The number of anilines is 1. The molecule has 1 atom stereocenters. The Morgan fingerprint density at radius 3 is 2.71 bits per heavy atom. The molecule has 9 nitrogen and oxygen atoms in total. The van der Waals surface area contributed by atoms with Crippen LogP contribution in [0, 0.1) is 6.92 Å². The number of esters is 1. The number of nitrogens with two attached hydrogens (primary N) is 1. The number of carbonyl (C=O) groups excluding carboxylic acids is 3. The lowest BCUT2D eigenvalue weighted by Gasteiger charge is -2.19. The smallest absolute Gasteiger partial charge is 0.332 e. The Kier molecular flexibility index (Phi) is 5.85. The number of carbonyl (C=O) groups is 3.